The van der Waals surface area contributed by atoms with Crippen LogP contribution in [0, 0.1) is 6.92 Å². The van der Waals surface area contributed by atoms with Crippen molar-refractivity contribution in [3.05, 3.63) is 54.2 Å². The molecule has 2 nitrogen and oxygen atoms in total. The van der Waals surface area contributed by atoms with Gasteiger partial charge in [-0.1, -0.05) is 31.2 Å². The Balaban J connectivity index is 2.50. The molecule has 0 saturated carbocycles. The maximum absolute atomic E-state index is 4.57. The highest BCUT2D eigenvalue weighted by Gasteiger charge is 2.11. The van der Waals surface area contributed by atoms with Gasteiger partial charge in [0, 0.05) is 11.1 Å². The maximum Gasteiger partial charge on any atom is 0.0708 e. The second kappa shape index (κ2) is 5.78. The summed E-state index contributed by atoms with van der Waals surface area (Å²) in [6.45, 7) is 9.14. The molecule has 1 aromatic carbocycles. The van der Waals surface area contributed by atoms with E-state index in [9.17, 15) is 0 Å². The second-order valence-electron chi connectivity index (χ2n) is 4.54. The molecule has 0 aliphatic heterocycles. The number of rotatable bonds is 5. The van der Waals surface area contributed by atoms with Crippen LogP contribution in [0.15, 0.2) is 43.0 Å². The molecule has 0 aliphatic rings. The zero-order chi connectivity index (χ0) is 13.0. The first-order valence-electron chi connectivity index (χ1n) is 6.48. The van der Waals surface area contributed by atoms with Crippen LogP contribution >= 0.6 is 0 Å². The van der Waals surface area contributed by atoms with Gasteiger partial charge in [0.25, 0.3) is 0 Å². The van der Waals surface area contributed by atoms with Gasteiger partial charge in [0.2, 0.25) is 0 Å². The molecule has 1 atom stereocenters. The number of aromatic nitrogens is 1. The van der Waals surface area contributed by atoms with E-state index in [0.717, 1.165) is 24.2 Å². The molecule has 2 aromatic rings. The Morgan fingerprint density at radius 3 is 2.89 bits per heavy atom. The van der Waals surface area contributed by atoms with Crippen molar-refractivity contribution in [2.24, 2.45) is 0 Å². The fraction of sp³-hybridized carbons (Fsp3) is 0.312. The van der Waals surface area contributed by atoms with Crippen molar-refractivity contribution in [1.82, 2.24) is 10.3 Å². The van der Waals surface area contributed by atoms with E-state index in [1.54, 1.807) is 0 Å². The van der Waals surface area contributed by atoms with Crippen LogP contribution in [0.4, 0.5) is 0 Å². The molecule has 0 spiro atoms. The number of aryl methyl sites for hydroxylation is 1. The summed E-state index contributed by atoms with van der Waals surface area (Å²) in [6, 6.07) is 10.6. The summed E-state index contributed by atoms with van der Waals surface area (Å²) in [5, 5.41) is 4.71. The molecule has 1 aromatic heterocycles. The molecule has 0 bridgehead atoms. The van der Waals surface area contributed by atoms with E-state index in [-0.39, 0.29) is 6.04 Å². The molecular weight excluding hydrogens is 220 g/mol. The first kappa shape index (κ1) is 12.8. The van der Waals surface area contributed by atoms with E-state index in [4.69, 9.17) is 0 Å². The average Bonchev–Trinajstić information content (AvgIpc) is 2.39. The largest absolute Gasteiger partial charge is 0.307 e. The summed E-state index contributed by atoms with van der Waals surface area (Å²) in [5.41, 5.74) is 3.37. The van der Waals surface area contributed by atoms with Gasteiger partial charge >= 0.3 is 0 Å². The number of fused-ring (bicyclic) bond motifs is 1. The van der Waals surface area contributed by atoms with Gasteiger partial charge < -0.3 is 5.32 Å². The van der Waals surface area contributed by atoms with Crippen molar-refractivity contribution < 1.29 is 0 Å². The van der Waals surface area contributed by atoms with Gasteiger partial charge in [-0.3, -0.25) is 4.98 Å². The minimum atomic E-state index is 0.191. The molecule has 94 valence electrons. The van der Waals surface area contributed by atoms with Crippen LogP contribution in [-0.2, 0) is 0 Å². The number of hydrogen-bond donors (Lipinski definition) is 1. The van der Waals surface area contributed by atoms with Crippen LogP contribution in [-0.4, -0.2) is 11.5 Å². The Bertz CT molecular complexity index is 546. The van der Waals surface area contributed by atoms with E-state index in [2.05, 4.69) is 48.1 Å². The molecule has 1 heterocycles. The highest BCUT2D eigenvalue weighted by Crippen LogP contribution is 2.24. The number of benzene rings is 1. The lowest BCUT2D eigenvalue weighted by molar-refractivity contribution is 0.616. The Kier molecular flexibility index (Phi) is 4.11. The third kappa shape index (κ3) is 2.59. The SMILES string of the molecule is C=CC(NCCC)c1cc(C)nc2ccccc12. The molecule has 0 saturated heterocycles. The summed E-state index contributed by atoms with van der Waals surface area (Å²) in [5.74, 6) is 0. The topological polar surface area (TPSA) is 24.9 Å². The quantitative estimate of drug-likeness (QED) is 0.805. The predicted molar refractivity (Wildman–Crippen MR) is 77.7 cm³/mol. The zero-order valence-electron chi connectivity index (χ0n) is 11.1. The van der Waals surface area contributed by atoms with Crippen molar-refractivity contribution >= 4 is 10.9 Å². The Hall–Kier alpha value is -1.67. The van der Waals surface area contributed by atoms with Crippen molar-refractivity contribution in [3.8, 4) is 0 Å². The summed E-state index contributed by atoms with van der Waals surface area (Å²) in [7, 11) is 0. The van der Waals surface area contributed by atoms with Crippen LogP contribution < -0.4 is 5.32 Å². The van der Waals surface area contributed by atoms with Gasteiger partial charge in [0.15, 0.2) is 0 Å². The average molecular weight is 240 g/mol. The van der Waals surface area contributed by atoms with Crippen molar-refractivity contribution in [2.75, 3.05) is 6.54 Å². The lowest BCUT2D eigenvalue weighted by Crippen LogP contribution is -2.20. The zero-order valence-corrected chi connectivity index (χ0v) is 11.1. The Morgan fingerprint density at radius 1 is 1.39 bits per heavy atom. The molecule has 1 N–H and O–H groups in total. The second-order valence-corrected chi connectivity index (χ2v) is 4.54. The number of nitrogens with zero attached hydrogens (tertiary/aromatic N) is 1. The van der Waals surface area contributed by atoms with Gasteiger partial charge in [-0.15, -0.1) is 6.58 Å². The van der Waals surface area contributed by atoms with Crippen molar-refractivity contribution in [2.45, 2.75) is 26.3 Å². The fourth-order valence-corrected chi connectivity index (χ4v) is 2.22. The van der Waals surface area contributed by atoms with Gasteiger partial charge in [-0.25, -0.2) is 0 Å². The molecule has 0 amide bonds. The Labute approximate surface area is 109 Å². The highest BCUT2D eigenvalue weighted by molar-refractivity contribution is 5.83. The summed E-state index contributed by atoms with van der Waals surface area (Å²) in [4.78, 5) is 4.57. The monoisotopic (exact) mass is 240 g/mol. The first-order chi connectivity index (χ1) is 8.76. The van der Waals surface area contributed by atoms with Crippen LogP contribution in [0.25, 0.3) is 10.9 Å². The molecule has 2 rings (SSSR count). The molecule has 18 heavy (non-hydrogen) atoms. The molecule has 0 radical (unpaired) electrons. The molecule has 0 fully saturated rings. The predicted octanol–water partition coefficient (Wildman–Crippen LogP) is 3.77. The normalized spacial score (nSPS) is 12.6. The smallest absolute Gasteiger partial charge is 0.0708 e. The summed E-state index contributed by atoms with van der Waals surface area (Å²) < 4.78 is 0. The Morgan fingerprint density at radius 2 is 2.17 bits per heavy atom. The highest BCUT2D eigenvalue weighted by atomic mass is 14.9. The van der Waals surface area contributed by atoms with E-state index >= 15 is 0 Å². The number of para-hydroxylation sites is 1. The van der Waals surface area contributed by atoms with Crippen LogP contribution in [0.1, 0.15) is 30.6 Å². The van der Waals surface area contributed by atoms with Crippen LogP contribution in [0.2, 0.25) is 0 Å². The molecule has 0 aliphatic carbocycles. The van der Waals surface area contributed by atoms with E-state index in [1.807, 2.05) is 19.1 Å². The number of hydrogen-bond acceptors (Lipinski definition) is 2. The van der Waals surface area contributed by atoms with Crippen LogP contribution in [0.5, 0.6) is 0 Å². The molecular formula is C16H20N2. The van der Waals surface area contributed by atoms with Gasteiger partial charge in [-0.05, 0) is 37.6 Å². The van der Waals surface area contributed by atoms with E-state index < -0.39 is 0 Å². The minimum absolute atomic E-state index is 0.191. The lowest BCUT2D eigenvalue weighted by Gasteiger charge is -2.17. The van der Waals surface area contributed by atoms with E-state index in [1.165, 1.54) is 10.9 Å². The number of pyridine rings is 1. The molecule has 1 unspecified atom stereocenters. The maximum atomic E-state index is 4.57. The summed E-state index contributed by atoms with van der Waals surface area (Å²) >= 11 is 0. The van der Waals surface area contributed by atoms with Gasteiger partial charge in [0.05, 0.1) is 11.6 Å². The minimum Gasteiger partial charge on any atom is -0.307 e. The standard InChI is InChI=1S/C16H20N2/c1-4-10-17-15(5-2)14-11-12(3)18-16-9-7-6-8-13(14)16/h5-9,11,15,17H,2,4,10H2,1,3H3. The van der Waals surface area contributed by atoms with Gasteiger partial charge in [0.1, 0.15) is 0 Å². The first-order valence-corrected chi connectivity index (χ1v) is 6.48. The summed E-state index contributed by atoms with van der Waals surface area (Å²) in [6.07, 6.45) is 3.09. The lowest BCUT2D eigenvalue weighted by atomic mass is 10.0. The number of nitrogens with one attached hydrogen (secondary N) is 1. The van der Waals surface area contributed by atoms with E-state index in [0.29, 0.717) is 0 Å². The molecule has 2 heteroatoms. The third-order valence-corrected chi connectivity index (χ3v) is 3.06. The van der Waals surface area contributed by atoms with Crippen molar-refractivity contribution in [1.29, 1.82) is 0 Å². The third-order valence-electron chi connectivity index (χ3n) is 3.06. The van der Waals surface area contributed by atoms with Crippen LogP contribution in [0.3, 0.4) is 0 Å². The van der Waals surface area contributed by atoms with Crippen molar-refractivity contribution in [3.63, 3.8) is 0 Å². The fourth-order valence-electron chi connectivity index (χ4n) is 2.22. The van der Waals surface area contributed by atoms with Gasteiger partial charge in [-0.2, -0.15) is 0 Å².